The standard InChI is InChI=1S/C8H14N2O/c1-6-4-5-8(7(2)11)10(3)9-6/h8H,4-5H2,1-3H3. The number of hydrazone groups is 1. The van der Waals surface area contributed by atoms with Crippen LogP contribution in [-0.4, -0.2) is 29.6 Å². The van der Waals surface area contributed by atoms with Crippen molar-refractivity contribution in [3.63, 3.8) is 0 Å². The third-order valence-electron chi connectivity index (χ3n) is 2.03. The van der Waals surface area contributed by atoms with Crippen LogP contribution in [0.25, 0.3) is 0 Å². The van der Waals surface area contributed by atoms with Crippen molar-refractivity contribution in [1.82, 2.24) is 5.01 Å². The minimum Gasteiger partial charge on any atom is -0.298 e. The van der Waals surface area contributed by atoms with E-state index in [2.05, 4.69) is 5.10 Å². The highest BCUT2D eigenvalue weighted by molar-refractivity contribution is 5.86. The summed E-state index contributed by atoms with van der Waals surface area (Å²) in [5.41, 5.74) is 1.12. The molecular weight excluding hydrogens is 140 g/mol. The number of hydrogen-bond acceptors (Lipinski definition) is 3. The average molecular weight is 154 g/mol. The second kappa shape index (κ2) is 3.03. The molecule has 0 radical (unpaired) electrons. The fraction of sp³-hybridized carbons (Fsp3) is 0.750. The monoisotopic (exact) mass is 154 g/mol. The molecule has 1 aliphatic heterocycles. The molecule has 1 rings (SSSR count). The van der Waals surface area contributed by atoms with E-state index in [1.54, 1.807) is 11.9 Å². The van der Waals surface area contributed by atoms with Crippen LogP contribution in [0.5, 0.6) is 0 Å². The Hall–Kier alpha value is -0.860. The molecule has 1 atom stereocenters. The van der Waals surface area contributed by atoms with Gasteiger partial charge in [0.2, 0.25) is 0 Å². The summed E-state index contributed by atoms with van der Waals surface area (Å²) in [6.45, 7) is 3.62. The first-order chi connectivity index (χ1) is 5.11. The predicted octanol–water partition coefficient (Wildman–Crippen LogP) is 1.05. The first kappa shape index (κ1) is 8.24. The Kier molecular flexibility index (Phi) is 2.27. The number of hydrogen-bond donors (Lipinski definition) is 0. The van der Waals surface area contributed by atoms with Gasteiger partial charge in [-0.05, 0) is 26.7 Å². The van der Waals surface area contributed by atoms with Crippen molar-refractivity contribution in [2.75, 3.05) is 7.05 Å². The van der Waals surface area contributed by atoms with E-state index in [9.17, 15) is 4.79 Å². The lowest BCUT2D eigenvalue weighted by Gasteiger charge is -2.27. The summed E-state index contributed by atoms with van der Waals surface area (Å²) in [6.07, 6.45) is 1.87. The molecule has 0 amide bonds. The summed E-state index contributed by atoms with van der Waals surface area (Å²) in [6, 6.07) is 0.0127. The lowest BCUT2D eigenvalue weighted by Crippen LogP contribution is -2.37. The van der Waals surface area contributed by atoms with Crippen LogP contribution in [0.2, 0.25) is 0 Å². The van der Waals surface area contributed by atoms with Gasteiger partial charge in [0.15, 0.2) is 5.78 Å². The molecule has 62 valence electrons. The first-order valence-electron chi connectivity index (χ1n) is 3.88. The van der Waals surface area contributed by atoms with Gasteiger partial charge >= 0.3 is 0 Å². The quantitative estimate of drug-likeness (QED) is 0.565. The highest BCUT2D eigenvalue weighted by Gasteiger charge is 2.21. The zero-order valence-electron chi connectivity index (χ0n) is 7.29. The number of nitrogens with zero attached hydrogens (tertiary/aromatic N) is 2. The molecule has 1 aliphatic rings. The number of rotatable bonds is 1. The molecule has 0 saturated heterocycles. The lowest BCUT2D eigenvalue weighted by atomic mass is 10.0. The molecule has 0 saturated carbocycles. The normalized spacial score (nSPS) is 24.8. The van der Waals surface area contributed by atoms with Gasteiger partial charge in [-0.3, -0.25) is 9.80 Å². The maximum atomic E-state index is 11.0. The van der Waals surface area contributed by atoms with Gasteiger partial charge in [-0.25, -0.2) is 0 Å². The van der Waals surface area contributed by atoms with Gasteiger partial charge in [0.05, 0.1) is 0 Å². The molecule has 0 aromatic carbocycles. The molecule has 0 spiro atoms. The Labute approximate surface area is 67.1 Å². The molecular formula is C8H14N2O. The average Bonchev–Trinajstić information content (AvgIpc) is 1.85. The summed E-state index contributed by atoms with van der Waals surface area (Å²) in [5.74, 6) is 0.212. The molecule has 0 fully saturated rings. The summed E-state index contributed by atoms with van der Waals surface area (Å²) in [4.78, 5) is 11.0. The lowest BCUT2D eigenvalue weighted by molar-refractivity contribution is -0.122. The molecule has 0 aromatic heterocycles. The Morgan fingerprint density at radius 3 is 2.82 bits per heavy atom. The number of carbonyl (C=O) groups is 1. The second-order valence-electron chi connectivity index (χ2n) is 3.07. The van der Waals surface area contributed by atoms with Crippen LogP contribution >= 0.6 is 0 Å². The maximum Gasteiger partial charge on any atom is 0.153 e. The molecule has 0 N–H and O–H groups in total. The molecule has 0 bridgehead atoms. The fourth-order valence-corrected chi connectivity index (χ4v) is 1.39. The second-order valence-corrected chi connectivity index (χ2v) is 3.07. The Balaban J connectivity index is 2.68. The van der Waals surface area contributed by atoms with E-state index in [4.69, 9.17) is 0 Å². The van der Waals surface area contributed by atoms with E-state index < -0.39 is 0 Å². The van der Waals surface area contributed by atoms with Crippen LogP contribution in [-0.2, 0) is 4.79 Å². The van der Waals surface area contributed by atoms with Crippen LogP contribution in [0.15, 0.2) is 5.10 Å². The maximum absolute atomic E-state index is 11.0. The number of carbonyl (C=O) groups excluding carboxylic acids is 1. The molecule has 0 aliphatic carbocycles. The molecule has 11 heavy (non-hydrogen) atoms. The van der Waals surface area contributed by atoms with Gasteiger partial charge in [-0.2, -0.15) is 5.10 Å². The van der Waals surface area contributed by atoms with Crippen molar-refractivity contribution in [1.29, 1.82) is 0 Å². The van der Waals surface area contributed by atoms with E-state index >= 15 is 0 Å². The van der Waals surface area contributed by atoms with Gasteiger partial charge in [-0.15, -0.1) is 0 Å². The largest absolute Gasteiger partial charge is 0.298 e. The predicted molar refractivity (Wildman–Crippen MR) is 44.6 cm³/mol. The highest BCUT2D eigenvalue weighted by atomic mass is 16.1. The van der Waals surface area contributed by atoms with Crippen molar-refractivity contribution in [3.05, 3.63) is 0 Å². The molecule has 1 heterocycles. The number of likely N-dealkylation sites (N-methyl/N-ethyl adjacent to an activating group) is 1. The highest BCUT2D eigenvalue weighted by Crippen LogP contribution is 2.13. The number of Topliss-reactive ketones (excluding diaryl/α,β-unsaturated/α-hetero) is 1. The van der Waals surface area contributed by atoms with Gasteiger partial charge in [0, 0.05) is 12.8 Å². The summed E-state index contributed by atoms with van der Waals surface area (Å²) in [7, 11) is 1.86. The fourth-order valence-electron chi connectivity index (χ4n) is 1.39. The van der Waals surface area contributed by atoms with E-state index in [-0.39, 0.29) is 11.8 Å². The van der Waals surface area contributed by atoms with Crippen LogP contribution in [0, 0.1) is 0 Å². The van der Waals surface area contributed by atoms with Gasteiger partial charge in [0.25, 0.3) is 0 Å². The van der Waals surface area contributed by atoms with Gasteiger partial charge in [-0.1, -0.05) is 0 Å². The minimum absolute atomic E-state index is 0.0127. The Bertz CT molecular complexity index is 198. The minimum atomic E-state index is 0.0127. The third-order valence-corrected chi connectivity index (χ3v) is 2.03. The van der Waals surface area contributed by atoms with E-state index in [0.717, 1.165) is 18.6 Å². The van der Waals surface area contributed by atoms with Crippen molar-refractivity contribution in [2.24, 2.45) is 5.10 Å². The van der Waals surface area contributed by atoms with Crippen molar-refractivity contribution in [3.8, 4) is 0 Å². The van der Waals surface area contributed by atoms with Crippen molar-refractivity contribution in [2.45, 2.75) is 32.7 Å². The molecule has 1 unspecified atom stereocenters. The topological polar surface area (TPSA) is 32.7 Å². The zero-order chi connectivity index (χ0) is 8.43. The summed E-state index contributed by atoms with van der Waals surface area (Å²) < 4.78 is 0. The van der Waals surface area contributed by atoms with Crippen molar-refractivity contribution < 1.29 is 4.79 Å². The van der Waals surface area contributed by atoms with Gasteiger partial charge in [0.1, 0.15) is 6.04 Å². The zero-order valence-corrected chi connectivity index (χ0v) is 7.29. The summed E-state index contributed by atoms with van der Waals surface area (Å²) in [5, 5.41) is 5.98. The summed E-state index contributed by atoms with van der Waals surface area (Å²) >= 11 is 0. The SMILES string of the molecule is CC(=O)C1CCC(C)=NN1C. The molecule has 0 aromatic rings. The number of ketones is 1. The van der Waals surface area contributed by atoms with Crippen molar-refractivity contribution >= 4 is 11.5 Å². The molecule has 3 heteroatoms. The smallest absolute Gasteiger partial charge is 0.153 e. The third kappa shape index (κ3) is 1.79. The Morgan fingerprint density at radius 1 is 1.73 bits per heavy atom. The van der Waals surface area contributed by atoms with Gasteiger partial charge < -0.3 is 0 Å². The molecule has 3 nitrogen and oxygen atoms in total. The first-order valence-corrected chi connectivity index (χ1v) is 3.88. The van der Waals surface area contributed by atoms with E-state index in [1.165, 1.54) is 0 Å². The van der Waals surface area contributed by atoms with Crippen LogP contribution in [0.4, 0.5) is 0 Å². The van der Waals surface area contributed by atoms with E-state index in [1.807, 2.05) is 14.0 Å². The van der Waals surface area contributed by atoms with Crippen LogP contribution in [0.3, 0.4) is 0 Å². The van der Waals surface area contributed by atoms with Crippen LogP contribution in [0.1, 0.15) is 26.7 Å². The van der Waals surface area contributed by atoms with E-state index in [0.29, 0.717) is 0 Å². The van der Waals surface area contributed by atoms with Crippen LogP contribution < -0.4 is 0 Å². The Morgan fingerprint density at radius 2 is 2.36 bits per heavy atom.